The summed E-state index contributed by atoms with van der Waals surface area (Å²) < 4.78 is 40.7. The maximum atomic E-state index is 13.3. The third kappa shape index (κ3) is 6.33. The summed E-state index contributed by atoms with van der Waals surface area (Å²) in [7, 11) is 0. The summed E-state index contributed by atoms with van der Waals surface area (Å²) in [4.78, 5) is 18.3. The first-order valence-corrected chi connectivity index (χ1v) is 15.2. The first-order valence-electron chi connectivity index (χ1n) is 15.2. The molecule has 4 aliphatic heterocycles. The lowest BCUT2D eigenvalue weighted by Gasteiger charge is -2.41. The van der Waals surface area contributed by atoms with Crippen molar-refractivity contribution in [2.24, 2.45) is 11.0 Å². The van der Waals surface area contributed by atoms with E-state index in [4.69, 9.17) is 0 Å². The maximum Gasteiger partial charge on any atom is 0.453 e. The van der Waals surface area contributed by atoms with Crippen molar-refractivity contribution in [1.82, 2.24) is 29.6 Å². The van der Waals surface area contributed by atoms with Crippen LogP contribution in [0.4, 0.5) is 13.2 Å². The van der Waals surface area contributed by atoms with E-state index in [0.29, 0.717) is 36.6 Å². The van der Waals surface area contributed by atoms with Crippen LogP contribution in [-0.2, 0) is 17.4 Å². The van der Waals surface area contributed by atoms with E-state index >= 15 is 0 Å². The van der Waals surface area contributed by atoms with Gasteiger partial charge in [-0.2, -0.15) is 22.9 Å². The van der Waals surface area contributed by atoms with E-state index in [1.54, 1.807) is 6.92 Å². The number of likely N-dealkylation sites (tertiary alicyclic amines) is 3. The van der Waals surface area contributed by atoms with E-state index in [0.717, 1.165) is 88.0 Å². The predicted octanol–water partition coefficient (Wildman–Crippen LogP) is 4.36. The number of aryl methyl sites for hydroxylation is 1. The van der Waals surface area contributed by atoms with Crippen LogP contribution in [-0.4, -0.2) is 86.6 Å². The molecule has 11 heteroatoms. The lowest BCUT2D eigenvalue weighted by atomic mass is 9.88. The highest BCUT2D eigenvalue weighted by Gasteiger charge is 2.40. The Hall–Kier alpha value is -3.39. The van der Waals surface area contributed by atoms with Gasteiger partial charge >= 0.3 is 6.18 Å². The molecule has 0 aliphatic carbocycles. The number of benzene rings is 1. The Morgan fingerprint density at radius 3 is 2.21 bits per heavy atom. The van der Waals surface area contributed by atoms with Gasteiger partial charge in [-0.3, -0.25) is 4.79 Å². The highest BCUT2D eigenvalue weighted by atomic mass is 19.4. The minimum absolute atomic E-state index is 0.187. The number of halogens is 3. The standard InChI is InChI=1S/C31H38F3N7O/c1-22(42)38-20-14-27(15-21-38)39-16-10-24(11-17-39)3-2-23-4-6-25(7-5-23)26-12-18-40(19-13-26)29-9-8-28-35-36-30(31(32,33)34)41(28)37-29/h4-7,24,26-27H,8-21H2,1H3. The molecule has 2 aromatic rings. The molecule has 0 N–H and O–H groups in total. The average molecular weight is 582 g/mol. The summed E-state index contributed by atoms with van der Waals surface area (Å²) in [5, 5.41) is 11.3. The second-order valence-electron chi connectivity index (χ2n) is 12.0. The van der Waals surface area contributed by atoms with Gasteiger partial charge in [-0.25, -0.2) is 0 Å². The number of carbonyl (C=O) groups is 1. The number of rotatable bonds is 2. The summed E-state index contributed by atoms with van der Waals surface area (Å²) in [5.74, 6) is 7.82. The van der Waals surface area contributed by atoms with Gasteiger partial charge in [-0.05, 0) is 75.2 Å². The number of amidine groups is 1. The fourth-order valence-corrected chi connectivity index (χ4v) is 6.81. The van der Waals surface area contributed by atoms with Crippen LogP contribution >= 0.6 is 0 Å². The molecule has 1 aromatic heterocycles. The third-order valence-corrected chi connectivity index (χ3v) is 9.36. The Labute approximate surface area is 244 Å². The molecule has 4 aliphatic rings. The summed E-state index contributed by atoms with van der Waals surface area (Å²) >= 11 is 0. The number of fused-ring (bicyclic) bond motifs is 1. The molecule has 3 fully saturated rings. The van der Waals surface area contributed by atoms with Gasteiger partial charge in [0.25, 0.3) is 5.82 Å². The molecule has 0 saturated carbocycles. The van der Waals surface area contributed by atoms with Crippen LogP contribution in [0.25, 0.3) is 0 Å². The Morgan fingerprint density at radius 2 is 1.57 bits per heavy atom. The van der Waals surface area contributed by atoms with Gasteiger partial charge in [-0.1, -0.05) is 24.0 Å². The minimum atomic E-state index is -4.57. The lowest BCUT2D eigenvalue weighted by molar-refractivity contribution is -0.147. The van der Waals surface area contributed by atoms with Crippen LogP contribution in [0.2, 0.25) is 0 Å². The summed E-state index contributed by atoms with van der Waals surface area (Å²) in [6, 6.07) is 9.18. The Morgan fingerprint density at radius 1 is 0.881 bits per heavy atom. The van der Waals surface area contributed by atoms with Crippen LogP contribution in [0.1, 0.15) is 80.6 Å². The fraction of sp³-hybridized carbons (Fsp3) is 0.613. The third-order valence-electron chi connectivity index (χ3n) is 9.36. The molecule has 42 heavy (non-hydrogen) atoms. The van der Waals surface area contributed by atoms with Crippen molar-refractivity contribution in [2.45, 2.75) is 76.4 Å². The smallest absolute Gasteiger partial charge is 0.359 e. The summed E-state index contributed by atoms with van der Waals surface area (Å²) in [6.45, 7) is 7.10. The van der Waals surface area contributed by atoms with Crippen molar-refractivity contribution < 1.29 is 18.0 Å². The first kappa shape index (κ1) is 28.7. The molecule has 0 unspecified atom stereocenters. The molecular formula is C31H38F3N7O. The van der Waals surface area contributed by atoms with Crippen molar-refractivity contribution in [3.05, 3.63) is 47.0 Å². The van der Waals surface area contributed by atoms with Gasteiger partial charge in [0.1, 0.15) is 5.84 Å². The van der Waals surface area contributed by atoms with Crippen LogP contribution < -0.4 is 0 Å². The van der Waals surface area contributed by atoms with Crippen molar-refractivity contribution in [1.29, 1.82) is 0 Å². The van der Waals surface area contributed by atoms with Crippen LogP contribution in [0.15, 0.2) is 29.4 Å². The van der Waals surface area contributed by atoms with E-state index in [1.165, 1.54) is 5.56 Å². The largest absolute Gasteiger partial charge is 0.453 e. The van der Waals surface area contributed by atoms with Crippen molar-refractivity contribution in [3.63, 3.8) is 0 Å². The molecule has 0 bridgehead atoms. The van der Waals surface area contributed by atoms with Gasteiger partial charge < -0.3 is 14.7 Å². The SMILES string of the molecule is CC(=O)N1CCC(N2CCC(C#Cc3ccc(C4CCN(C5=Nn6c(nnc6C(F)(F)F)CC5)CC4)cc3)CC2)CC1. The topological polar surface area (TPSA) is 69.9 Å². The average Bonchev–Trinajstić information content (AvgIpc) is 3.45. The van der Waals surface area contributed by atoms with Crippen LogP contribution in [0.3, 0.4) is 0 Å². The number of hydrogen-bond acceptors (Lipinski definition) is 6. The number of hydrogen-bond donors (Lipinski definition) is 0. The van der Waals surface area contributed by atoms with E-state index in [1.807, 2.05) is 4.90 Å². The zero-order chi connectivity index (χ0) is 29.3. The number of alkyl halides is 3. The van der Waals surface area contributed by atoms with Gasteiger partial charge in [-0.15, -0.1) is 10.2 Å². The second kappa shape index (κ2) is 12.1. The van der Waals surface area contributed by atoms with Gasteiger partial charge in [0.05, 0.1) is 0 Å². The predicted molar refractivity (Wildman–Crippen MR) is 153 cm³/mol. The Kier molecular flexibility index (Phi) is 8.26. The second-order valence-corrected chi connectivity index (χ2v) is 12.0. The molecule has 6 rings (SSSR count). The zero-order valence-electron chi connectivity index (χ0n) is 24.1. The van der Waals surface area contributed by atoms with Crippen LogP contribution in [0, 0.1) is 17.8 Å². The molecule has 0 spiro atoms. The number of piperidine rings is 3. The van der Waals surface area contributed by atoms with Crippen molar-refractivity contribution in [3.8, 4) is 11.8 Å². The molecule has 0 radical (unpaired) electrons. The van der Waals surface area contributed by atoms with Gasteiger partial charge in [0, 0.05) is 63.5 Å². The Balaban J connectivity index is 0.977. The lowest BCUT2D eigenvalue weighted by Crippen LogP contribution is -2.48. The molecule has 3 saturated heterocycles. The molecule has 0 atom stereocenters. The molecule has 1 aromatic carbocycles. The monoisotopic (exact) mass is 581 g/mol. The fourth-order valence-electron chi connectivity index (χ4n) is 6.81. The minimum Gasteiger partial charge on any atom is -0.359 e. The summed E-state index contributed by atoms with van der Waals surface area (Å²) in [5.41, 5.74) is 2.33. The van der Waals surface area contributed by atoms with Crippen molar-refractivity contribution in [2.75, 3.05) is 39.3 Å². The Bertz CT molecular complexity index is 1350. The zero-order valence-corrected chi connectivity index (χ0v) is 24.1. The first-order chi connectivity index (χ1) is 20.2. The maximum absolute atomic E-state index is 13.3. The number of nitrogens with zero attached hydrogens (tertiary/aromatic N) is 7. The number of amides is 1. The molecule has 224 valence electrons. The van der Waals surface area contributed by atoms with Crippen LogP contribution in [0.5, 0.6) is 0 Å². The van der Waals surface area contributed by atoms with Gasteiger partial charge in [0.15, 0.2) is 5.82 Å². The quantitative estimate of drug-likeness (QED) is 0.493. The number of carbonyl (C=O) groups excluding carboxylic acids is 1. The normalized spacial score (nSPS) is 21.5. The number of aromatic nitrogens is 3. The van der Waals surface area contributed by atoms with E-state index < -0.39 is 12.0 Å². The van der Waals surface area contributed by atoms with E-state index in [2.05, 4.69) is 61.2 Å². The molecule has 5 heterocycles. The van der Waals surface area contributed by atoms with E-state index in [9.17, 15) is 18.0 Å². The molecule has 8 nitrogen and oxygen atoms in total. The molecule has 1 amide bonds. The highest BCUT2D eigenvalue weighted by molar-refractivity contribution is 5.83. The van der Waals surface area contributed by atoms with E-state index in [-0.39, 0.29) is 11.7 Å². The summed E-state index contributed by atoms with van der Waals surface area (Å²) in [6.07, 6.45) is 2.60. The highest BCUT2D eigenvalue weighted by Crippen LogP contribution is 2.32. The van der Waals surface area contributed by atoms with Gasteiger partial charge in [0.2, 0.25) is 5.91 Å². The molecular weight excluding hydrogens is 543 g/mol. The van der Waals surface area contributed by atoms with Crippen molar-refractivity contribution >= 4 is 11.7 Å².